The lowest BCUT2D eigenvalue weighted by Crippen LogP contribution is -2.18. The second-order valence-corrected chi connectivity index (χ2v) is 7.55. The third-order valence-corrected chi connectivity index (χ3v) is 5.80. The summed E-state index contributed by atoms with van der Waals surface area (Å²) in [7, 11) is 0. The fraction of sp³-hybridized carbons (Fsp3) is 0.240. The highest BCUT2D eigenvalue weighted by Gasteiger charge is 2.30. The quantitative estimate of drug-likeness (QED) is 0.571. The summed E-state index contributed by atoms with van der Waals surface area (Å²) in [5.41, 5.74) is 8.01. The van der Waals surface area contributed by atoms with Crippen LogP contribution in [0.3, 0.4) is 0 Å². The highest BCUT2D eigenvalue weighted by Crippen LogP contribution is 2.37. The molecule has 134 valence electrons. The van der Waals surface area contributed by atoms with Crippen LogP contribution in [0.4, 0.5) is 5.69 Å². The van der Waals surface area contributed by atoms with E-state index in [0.29, 0.717) is 0 Å². The number of para-hydroxylation sites is 1. The number of hydrogen-bond acceptors (Lipinski definition) is 2. The number of nitrogens with zero attached hydrogens (tertiary/aromatic N) is 2. The summed E-state index contributed by atoms with van der Waals surface area (Å²) in [4.78, 5) is 0. The Hall–Kier alpha value is -2.87. The Bertz CT molecular complexity index is 960. The second-order valence-electron chi connectivity index (χ2n) is 7.55. The molecule has 1 heterocycles. The molecule has 5 rings (SSSR count). The van der Waals surface area contributed by atoms with E-state index < -0.39 is 0 Å². The average Bonchev–Trinajstić information content (AvgIpc) is 3.20. The van der Waals surface area contributed by atoms with E-state index in [9.17, 15) is 0 Å². The molecule has 1 atom stereocenters. The predicted octanol–water partition coefficient (Wildman–Crippen LogP) is 5.92. The number of rotatable bonds is 3. The van der Waals surface area contributed by atoms with Gasteiger partial charge >= 0.3 is 0 Å². The molecule has 3 aromatic carbocycles. The first-order chi connectivity index (χ1) is 13.4. The van der Waals surface area contributed by atoms with Crippen LogP contribution in [-0.4, -0.2) is 5.71 Å². The summed E-state index contributed by atoms with van der Waals surface area (Å²) in [6.07, 6.45) is 6.01. The van der Waals surface area contributed by atoms with Crippen LogP contribution in [0.1, 0.15) is 47.6 Å². The zero-order chi connectivity index (χ0) is 18.1. The Morgan fingerprint density at radius 1 is 0.741 bits per heavy atom. The minimum Gasteiger partial charge on any atom is -0.257 e. The summed E-state index contributed by atoms with van der Waals surface area (Å²) in [6, 6.07) is 28.5. The smallest absolute Gasteiger partial charge is 0.0831 e. The number of fused-ring (bicyclic) bond motifs is 1. The zero-order valence-corrected chi connectivity index (χ0v) is 15.5. The average molecular weight is 352 g/mol. The molecule has 1 aliphatic carbocycles. The molecule has 2 aliphatic rings. The van der Waals surface area contributed by atoms with Gasteiger partial charge in [-0.05, 0) is 66.1 Å². The standard InChI is InChI=1S/C25H24N2/c1-3-10-20(11-4-1)25-18-24(26-27(25)23-13-5-2-6-14-23)22-16-15-19-9-7-8-12-21(19)17-22/h1-6,10-11,13-17,25H,7-9,12,18H2/t25-/m0/s1. The van der Waals surface area contributed by atoms with Gasteiger partial charge in [-0.25, -0.2) is 0 Å². The molecule has 0 fully saturated rings. The fourth-order valence-corrected chi connectivity index (χ4v) is 4.35. The van der Waals surface area contributed by atoms with Gasteiger partial charge in [0, 0.05) is 6.42 Å². The van der Waals surface area contributed by atoms with Crippen LogP contribution >= 0.6 is 0 Å². The van der Waals surface area contributed by atoms with Gasteiger partial charge in [0.15, 0.2) is 0 Å². The third-order valence-electron chi connectivity index (χ3n) is 5.80. The lowest BCUT2D eigenvalue weighted by molar-refractivity contribution is 0.685. The van der Waals surface area contributed by atoms with E-state index in [2.05, 4.69) is 83.9 Å². The van der Waals surface area contributed by atoms with Gasteiger partial charge in [0.25, 0.3) is 0 Å². The molecule has 0 spiro atoms. The van der Waals surface area contributed by atoms with Crippen molar-refractivity contribution < 1.29 is 0 Å². The maximum absolute atomic E-state index is 5.09. The van der Waals surface area contributed by atoms with Crippen molar-refractivity contribution in [3.05, 3.63) is 101 Å². The SMILES string of the molecule is c1ccc([C@@H]2CC(c3ccc4c(c3)CCCC4)=NN2c2ccccc2)cc1. The lowest BCUT2D eigenvalue weighted by Gasteiger charge is -2.23. The van der Waals surface area contributed by atoms with Gasteiger partial charge in [0.05, 0.1) is 17.4 Å². The number of hydrogen-bond donors (Lipinski definition) is 0. The van der Waals surface area contributed by atoms with Crippen LogP contribution in [0.15, 0.2) is 84.0 Å². The largest absolute Gasteiger partial charge is 0.257 e. The van der Waals surface area contributed by atoms with Crippen molar-refractivity contribution in [3.8, 4) is 0 Å². The molecule has 0 radical (unpaired) electrons. The second kappa shape index (κ2) is 7.03. The Labute approximate surface area is 161 Å². The highest BCUT2D eigenvalue weighted by molar-refractivity contribution is 6.03. The van der Waals surface area contributed by atoms with Crippen LogP contribution in [0.25, 0.3) is 0 Å². The van der Waals surface area contributed by atoms with E-state index in [1.54, 1.807) is 0 Å². The van der Waals surface area contributed by atoms with Crippen molar-refractivity contribution in [2.24, 2.45) is 5.10 Å². The van der Waals surface area contributed by atoms with Crippen LogP contribution in [0.2, 0.25) is 0 Å². The molecule has 0 saturated carbocycles. The van der Waals surface area contributed by atoms with Crippen molar-refractivity contribution >= 4 is 11.4 Å². The van der Waals surface area contributed by atoms with Crippen LogP contribution in [0.5, 0.6) is 0 Å². The zero-order valence-electron chi connectivity index (χ0n) is 15.5. The first-order valence-electron chi connectivity index (χ1n) is 9.97. The maximum atomic E-state index is 5.09. The maximum Gasteiger partial charge on any atom is 0.0831 e. The van der Waals surface area contributed by atoms with Crippen molar-refractivity contribution in [1.82, 2.24) is 0 Å². The van der Waals surface area contributed by atoms with Crippen molar-refractivity contribution in [2.45, 2.75) is 38.1 Å². The van der Waals surface area contributed by atoms with Crippen LogP contribution in [0, 0.1) is 0 Å². The Balaban J connectivity index is 1.53. The van der Waals surface area contributed by atoms with E-state index in [4.69, 9.17) is 5.10 Å². The molecule has 0 bridgehead atoms. The summed E-state index contributed by atoms with van der Waals surface area (Å²) in [6.45, 7) is 0. The molecule has 0 saturated heterocycles. The molecule has 2 nitrogen and oxygen atoms in total. The molecule has 0 N–H and O–H groups in total. The van der Waals surface area contributed by atoms with Gasteiger partial charge in [0.1, 0.15) is 0 Å². The van der Waals surface area contributed by atoms with E-state index >= 15 is 0 Å². The molecule has 2 heteroatoms. The van der Waals surface area contributed by atoms with Crippen LogP contribution < -0.4 is 5.01 Å². The number of anilines is 1. The predicted molar refractivity (Wildman–Crippen MR) is 112 cm³/mol. The van der Waals surface area contributed by atoms with Gasteiger partial charge in [-0.15, -0.1) is 0 Å². The molecule has 0 unspecified atom stereocenters. The summed E-state index contributed by atoms with van der Waals surface area (Å²) in [5, 5.41) is 7.28. The van der Waals surface area contributed by atoms with Gasteiger partial charge in [-0.1, -0.05) is 60.7 Å². The molecule has 3 aromatic rings. The molecular weight excluding hydrogens is 328 g/mol. The van der Waals surface area contributed by atoms with E-state index in [-0.39, 0.29) is 6.04 Å². The minimum atomic E-state index is 0.250. The molecular formula is C25H24N2. The first kappa shape index (κ1) is 16.3. The third kappa shape index (κ3) is 3.16. The number of aryl methyl sites for hydroxylation is 2. The van der Waals surface area contributed by atoms with Crippen molar-refractivity contribution in [1.29, 1.82) is 0 Å². The Morgan fingerprint density at radius 3 is 2.22 bits per heavy atom. The summed E-state index contributed by atoms with van der Waals surface area (Å²) < 4.78 is 0. The van der Waals surface area contributed by atoms with Gasteiger partial charge in [-0.2, -0.15) is 5.10 Å². The fourth-order valence-electron chi connectivity index (χ4n) is 4.35. The van der Waals surface area contributed by atoms with Crippen molar-refractivity contribution in [2.75, 3.05) is 5.01 Å². The highest BCUT2D eigenvalue weighted by atomic mass is 15.5. The topological polar surface area (TPSA) is 15.6 Å². The summed E-state index contributed by atoms with van der Waals surface area (Å²) >= 11 is 0. The Kier molecular flexibility index (Phi) is 4.25. The van der Waals surface area contributed by atoms with Gasteiger partial charge < -0.3 is 0 Å². The normalized spacial score (nSPS) is 18.9. The van der Waals surface area contributed by atoms with E-state index in [0.717, 1.165) is 12.1 Å². The first-order valence-corrected chi connectivity index (χ1v) is 9.97. The monoisotopic (exact) mass is 352 g/mol. The van der Waals surface area contributed by atoms with Crippen LogP contribution in [-0.2, 0) is 12.8 Å². The molecule has 27 heavy (non-hydrogen) atoms. The van der Waals surface area contributed by atoms with Gasteiger partial charge in [-0.3, -0.25) is 5.01 Å². The molecule has 1 aliphatic heterocycles. The summed E-state index contributed by atoms with van der Waals surface area (Å²) in [5.74, 6) is 0. The minimum absolute atomic E-state index is 0.250. The van der Waals surface area contributed by atoms with E-state index in [1.165, 1.54) is 53.6 Å². The molecule has 0 amide bonds. The Morgan fingerprint density at radius 2 is 1.44 bits per heavy atom. The lowest BCUT2D eigenvalue weighted by atomic mass is 9.89. The van der Waals surface area contributed by atoms with Gasteiger partial charge in [0.2, 0.25) is 0 Å². The molecule has 0 aromatic heterocycles. The number of benzene rings is 3. The van der Waals surface area contributed by atoms with Crippen molar-refractivity contribution in [3.63, 3.8) is 0 Å². The van der Waals surface area contributed by atoms with E-state index in [1.807, 2.05) is 0 Å². The number of hydrazone groups is 1.